The molecule has 0 radical (unpaired) electrons. The third-order valence-corrected chi connectivity index (χ3v) is 6.54. The predicted octanol–water partition coefficient (Wildman–Crippen LogP) is 5.16. The van der Waals surface area contributed by atoms with Gasteiger partial charge >= 0.3 is 0 Å². The first kappa shape index (κ1) is 19.0. The molecule has 0 aromatic heterocycles. The molecule has 2 aliphatic heterocycles. The van der Waals surface area contributed by atoms with E-state index in [9.17, 15) is 9.59 Å². The molecule has 0 aliphatic carbocycles. The van der Waals surface area contributed by atoms with E-state index in [1.807, 2.05) is 13.0 Å². The first-order valence-corrected chi connectivity index (χ1v) is 10.1. The van der Waals surface area contributed by atoms with Crippen LogP contribution in [0.5, 0.6) is 0 Å². The van der Waals surface area contributed by atoms with Crippen LogP contribution in [-0.2, 0) is 4.79 Å². The fourth-order valence-corrected chi connectivity index (χ4v) is 4.80. The van der Waals surface area contributed by atoms with Gasteiger partial charge in [-0.25, -0.2) is 0 Å². The summed E-state index contributed by atoms with van der Waals surface area (Å²) in [4.78, 5) is 28.8. The molecule has 1 fully saturated rings. The number of fused-ring (bicyclic) bond motifs is 1. The van der Waals surface area contributed by atoms with Gasteiger partial charge in [0.2, 0.25) is 0 Å². The molecule has 1 aromatic carbocycles. The quantitative estimate of drug-likeness (QED) is 0.687. The lowest BCUT2D eigenvalue weighted by Gasteiger charge is -2.45. The standard InChI is InChI=1S/C21H28N2O2S/c1-7-8-23-19(24)18(26-20(23)25)11-15-10-16-14(3)12-21(4,5)22(6)17(16)9-13(15)2/h9-11,14H,7-8,12H2,1-6H3/b18-11-/t14-/m0/s1. The fraction of sp³-hybridized carbons (Fsp3) is 0.524. The van der Waals surface area contributed by atoms with Gasteiger partial charge in [0, 0.05) is 24.8 Å². The minimum atomic E-state index is -0.162. The number of benzene rings is 1. The first-order valence-electron chi connectivity index (χ1n) is 9.29. The summed E-state index contributed by atoms with van der Waals surface area (Å²) >= 11 is 1.05. The molecule has 2 aliphatic rings. The van der Waals surface area contributed by atoms with Gasteiger partial charge in [0.05, 0.1) is 4.91 Å². The summed E-state index contributed by atoms with van der Waals surface area (Å²) in [6, 6.07) is 4.42. The van der Waals surface area contributed by atoms with Crippen molar-refractivity contribution in [3.63, 3.8) is 0 Å². The Bertz CT molecular complexity index is 797. The first-order chi connectivity index (χ1) is 12.2. The lowest BCUT2D eigenvalue weighted by atomic mass is 9.79. The third-order valence-electron chi connectivity index (χ3n) is 5.63. The average molecular weight is 373 g/mol. The topological polar surface area (TPSA) is 40.6 Å². The average Bonchev–Trinajstić information content (AvgIpc) is 2.82. The van der Waals surface area contributed by atoms with E-state index in [-0.39, 0.29) is 16.7 Å². The van der Waals surface area contributed by atoms with Crippen molar-refractivity contribution >= 4 is 34.7 Å². The van der Waals surface area contributed by atoms with E-state index in [4.69, 9.17) is 0 Å². The number of aryl methyl sites for hydroxylation is 1. The largest absolute Gasteiger partial charge is 0.369 e. The molecule has 0 saturated carbocycles. The third kappa shape index (κ3) is 3.18. The Morgan fingerprint density at radius 1 is 1.31 bits per heavy atom. The second kappa shape index (κ2) is 6.76. The van der Waals surface area contributed by atoms with Gasteiger partial charge in [0.1, 0.15) is 0 Å². The molecule has 140 valence electrons. The second-order valence-corrected chi connectivity index (χ2v) is 9.07. The maximum atomic E-state index is 12.5. The zero-order valence-corrected chi connectivity index (χ0v) is 17.4. The van der Waals surface area contributed by atoms with E-state index in [0.717, 1.165) is 35.7 Å². The number of anilines is 1. The molecule has 26 heavy (non-hydrogen) atoms. The number of thioether (sulfide) groups is 1. The van der Waals surface area contributed by atoms with Crippen LogP contribution in [0.15, 0.2) is 17.0 Å². The second-order valence-electron chi connectivity index (χ2n) is 8.08. The molecule has 4 nitrogen and oxygen atoms in total. The minimum absolute atomic E-state index is 0.128. The van der Waals surface area contributed by atoms with Crippen molar-refractivity contribution in [3.8, 4) is 0 Å². The molecule has 0 N–H and O–H groups in total. The van der Waals surface area contributed by atoms with Gasteiger partial charge in [0.25, 0.3) is 11.1 Å². The maximum Gasteiger partial charge on any atom is 0.293 e. The van der Waals surface area contributed by atoms with Crippen LogP contribution in [-0.4, -0.2) is 35.2 Å². The van der Waals surface area contributed by atoms with Crippen LogP contribution in [0.3, 0.4) is 0 Å². The van der Waals surface area contributed by atoms with Crippen molar-refractivity contribution in [1.82, 2.24) is 4.90 Å². The molecule has 0 bridgehead atoms. The smallest absolute Gasteiger partial charge is 0.293 e. The van der Waals surface area contributed by atoms with Gasteiger partial charge in [-0.3, -0.25) is 14.5 Å². The summed E-state index contributed by atoms with van der Waals surface area (Å²) in [6.45, 7) is 11.4. The van der Waals surface area contributed by atoms with Gasteiger partial charge in [0.15, 0.2) is 0 Å². The number of hydrogen-bond acceptors (Lipinski definition) is 4. The summed E-state index contributed by atoms with van der Waals surface area (Å²) in [7, 11) is 2.15. The fourth-order valence-electron chi connectivity index (χ4n) is 3.95. The molecule has 5 heteroatoms. The van der Waals surface area contributed by atoms with Crippen molar-refractivity contribution in [3.05, 3.63) is 33.7 Å². The highest BCUT2D eigenvalue weighted by atomic mass is 32.2. The number of hydrogen-bond donors (Lipinski definition) is 0. The Kier molecular flexibility index (Phi) is 4.95. The van der Waals surface area contributed by atoms with Crippen molar-refractivity contribution in [2.24, 2.45) is 0 Å². The Hall–Kier alpha value is -1.75. The van der Waals surface area contributed by atoms with Gasteiger partial charge in [-0.15, -0.1) is 0 Å². The van der Waals surface area contributed by atoms with E-state index in [1.54, 1.807) is 0 Å². The molecule has 0 unspecified atom stereocenters. The predicted molar refractivity (Wildman–Crippen MR) is 110 cm³/mol. The summed E-state index contributed by atoms with van der Waals surface area (Å²) in [5, 5.41) is -0.159. The summed E-state index contributed by atoms with van der Waals surface area (Å²) in [5.41, 5.74) is 4.87. The number of rotatable bonds is 3. The zero-order valence-electron chi connectivity index (χ0n) is 16.5. The Morgan fingerprint density at radius 3 is 2.65 bits per heavy atom. The molecular formula is C21H28N2O2S. The van der Waals surface area contributed by atoms with E-state index in [2.05, 4.69) is 51.8 Å². The molecule has 1 saturated heterocycles. The molecule has 2 heterocycles. The molecule has 0 spiro atoms. The number of carbonyl (C=O) groups is 2. The summed E-state index contributed by atoms with van der Waals surface area (Å²) in [5.74, 6) is 0.296. The SMILES string of the molecule is CCCN1C(=O)S/C(=C\c2cc3c(cc2C)N(C)C(C)(C)C[C@@H]3C)C1=O. The lowest BCUT2D eigenvalue weighted by molar-refractivity contribution is -0.122. The highest BCUT2D eigenvalue weighted by Crippen LogP contribution is 2.44. The number of nitrogens with zero attached hydrogens (tertiary/aromatic N) is 2. The Labute approximate surface area is 160 Å². The number of amides is 2. The van der Waals surface area contributed by atoms with Crippen LogP contribution in [0.1, 0.15) is 63.1 Å². The lowest BCUT2D eigenvalue weighted by Crippen LogP contribution is -2.45. The van der Waals surface area contributed by atoms with E-state index in [0.29, 0.717) is 17.4 Å². The molecule has 1 aromatic rings. The number of carbonyl (C=O) groups excluding carboxylic acids is 2. The normalized spacial score (nSPS) is 23.8. The van der Waals surface area contributed by atoms with Crippen LogP contribution in [0.4, 0.5) is 10.5 Å². The minimum Gasteiger partial charge on any atom is -0.369 e. The van der Waals surface area contributed by atoms with Gasteiger partial charge in [-0.1, -0.05) is 13.8 Å². The summed E-state index contributed by atoms with van der Waals surface area (Å²) < 4.78 is 0. The highest BCUT2D eigenvalue weighted by Gasteiger charge is 2.36. The van der Waals surface area contributed by atoms with Gasteiger partial charge in [-0.2, -0.15) is 0 Å². The van der Waals surface area contributed by atoms with E-state index in [1.165, 1.54) is 16.2 Å². The maximum absolute atomic E-state index is 12.5. The Morgan fingerprint density at radius 2 is 2.00 bits per heavy atom. The molecular weight excluding hydrogens is 344 g/mol. The van der Waals surface area contributed by atoms with E-state index < -0.39 is 0 Å². The monoisotopic (exact) mass is 372 g/mol. The van der Waals surface area contributed by atoms with Crippen LogP contribution < -0.4 is 4.90 Å². The van der Waals surface area contributed by atoms with Crippen LogP contribution in [0.2, 0.25) is 0 Å². The van der Waals surface area contributed by atoms with Gasteiger partial charge in [-0.05, 0) is 86.2 Å². The zero-order chi connectivity index (χ0) is 19.2. The van der Waals surface area contributed by atoms with Crippen molar-refractivity contribution < 1.29 is 9.59 Å². The highest BCUT2D eigenvalue weighted by molar-refractivity contribution is 8.18. The molecule has 3 rings (SSSR count). The molecule has 1 atom stereocenters. The van der Waals surface area contributed by atoms with Gasteiger partial charge < -0.3 is 4.90 Å². The van der Waals surface area contributed by atoms with Crippen LogP contribution >= 0.6 is 11.8 Å². The number of imide groups is 1. The van der Waals surface area contributed by atoms with Crippen LogP contribution in [0, 0.1) is 6.92 Å². The van der Waals surface area contributed by atoms with Crippen molar-refractivity contribution in [1.29, 1.82) is 0 Å². The summed E-state index contributed by atoms with van der Waals surface area (Å²) in [6.07, 6.45) is 3.76. The van der Waals surface area contributed by atoms with Crippen molar-refractivity contribution in [2.45, 2.75) is 58.9 Å². The van der Waals surface area contributed by atoms with Crippen LogP contribution in [0.25, 0.3) is 6.08 Å². The van der Waals surface area contributed by atoms with E-state index >= 15 is 0 Å². The Balaban J connectivity index is 2.00. The van der Waals surface area contributed by atoms with Crippen molar-refractivity contribution in [2.75, 3.05) is 18.5 Å². The molecule has 2 amide bonds.